The third-order valence-corrected chi connectivity index (χ3v) is 4.22. The zero-order valence-corrected chi connectivity index (χ0v) is 13.3. The Morgan fingerprint density at radius 2 is 1.82 bits per heavy atom. The second kappa shape index (κ2) is 6.15. The van der Waals surface area contributed by atoms with Crippen molar-refractivity contribution >= 4 is 38.8 Å². The van der Waals surface area contributed by atoms with Gasteiger partial charge in [-0.2, -0.15) is 0 Å². The van der Waals surface area contributed by atoms with E-state index in [1.54, 1.807) is 11.3 Å². The SMILES string of the molecule is Cc1ccc(NC(=O)CNc2ccc3nc(C)sc3c2)cc1. The van der Waals surface area contributed by atoms with E-state index in [9.17, 15) is 4.79 Å². The predicted octanol–water partition coefficient (Wildman–Crippen LogP) is 3.96. The molecule has 22 heavy (non-hydrogen) atoms. The van der Waals surface area contributed by atoms with Gasteiger partial charge in [0.05, 0.1) is 21.8 Å². The fraction of sp³-hybridized carbons (Fsp3) is 0.176. The van der Waals surface area contributed by atoms with E-state index in [0.29, 0.717) is 0 Å². The first-order chi connectivity index (χ1) is 10.6. The maximum absolute atomic E-state index is 12.0. The minimum Gasteiger partial charge on any atom is -0.376 e. The highest BCUT2D eigenvalue weighted by molar-refractivity contribution is 7.18. The minimum atomic E-state index is -0.0653. The van der Waals surface area contributed by atoms with Gasteiger partial charge < -0.3 is 10.6 Å². The topological polar surface area (TPSA) is 54.0 Å². The Bertz CT molecular complexity index is 808. The summed E-state index contributed by atoms with van der Waals surface area (Å²) in [6, 6.07) is 13.7. The molecule has 1 aromatic heterocycles. The van der Waals surface area contributed by atoms with Gasteiger partial charge in [-0.3, -0.25) is 4.79 Å². The predicted molar refractivity (Wildman–Crippen MR) is 92.7 cm³/mol. The van der Waals surface area contributed by atoms with E-state index in [-0.39, 0.29) is 12.5 Å². The molecule has 0 aliphatic heterocycles. The fourth-order valence-electron chi connectivity index (χ4n) is 2.17. The molecule has 112 valence electrons. The van der Waals surface area contributed by atoms with E-state index in [0.717, 1.165) is 26.6 Å². The van der Waals surface area contributed by atoms with Crippen LogP contribution >= 0.6 is 11.3 Å². The van der Waals surface area contributed by atoms with Crippen molar-refractivity contribution in [1.29, 1.82) is 0 Å². The molecule has 0 bridgehead atoms. The van der Waals surface area contributed by atoms with Crippen LogP contribution in [0.3, 0.4) is 0 Å². The monoisotopic (exact) mass is 311 g/mol. The number of rotatable bonds is 4. The van der Waals surface area contributed by atoms with Gasteiger partial charge in [0, 0.05) is 11.4 Å². The third kappa shape index (κ3) is 3.43. The largest absolute Gasteiger partial charge is 0.376 e. The number of aryl methyl sites for hydroxylation is 2. The smallest absolute Gasteiger partial charge is 0.243 e. The molecule has 0 atom stereocenters. The first kappa shape index (κ1) is 14.5. The molecule has 2 aromatic carbocycles. The van der Waals surface area contributed by atoms with E-state index in [1.165, 1.54) is 5.56 Å². The van der Waals surface area contributed by atoms with E-state index in [2.05, 4.69) is 15.6 Å². The van der Waals surface area contributed by atoms with Crippen LogP contribution in [0.5, 0.6) is 0 Å². The number of benzene rings is 2. The molecule has 0 aliphatic carbocycles. The number of amides is 1. The Kier molecular flexibility index (Phi) is 4.06. The molecular formula is C17H17N3OS. The summed E-state index contributed by atoms with van der Waals surface area (Å²) < 4.78 is 1.13. The highest BCUT2D eigenvalue weighted by atomic mass is 32.1. The summed E-state index contributed by atoms with van der Waals surface area (Å²) in [7, 11) is 0. The number of carbonyl (C=O) groups is 1. The number of nitrogens with zero attached hydrogens (tertiary/aromatic N) is 1. The van der Waals surface area contributed by atoms with Gasteiger partial charge in [-0.05, 0) is 44.2 Å². The van der Waals surface area contributed by atoms with E-state index in [4.69, 9.17) is 0 Å². The lowest BCUT2D eigenvalue weighted by molar-refractivity contribution is -0.114. The lowest BCUT2D eigenvalue weighted by Gasteiger charge is -2.08. The first-order valence-corrected chi connectivity index (χ1v) is 7.89. The average molecular weight is 311 g/mol. The number of fused-ring (bicyclic) bond motifs is 1. The highest BCUT2D eigenvalue weighted by Gasteiger charge is 2.04. The minimum absolute atomic E-state index is 0.0653. The van der Waals surface area contributed by atoms with Crippen LogP contribution in [0.15, 0.2) is 42.5 Å². The summed E-state index contributed by atoms with van der Waals surface area (Å²) in [5.41, 5.74) is 3.91. The normalized spacial score (nSPS) is 10.6. The van der Waals surface area contributed by atoms with Gasteiger partial charge in [-0.15, -0.1) is 11.3 Å². The summed E-state index contributed by atoms with van der Waals surface area (Å²) in [4.78, 5) is 16.4. The molecule has 0 unspecified atom stereocenters. The average Bonchev–Trinajstić information content (AvgIpc) is 2.87. The van der Waals surface area contributed by atoms with Crippen molar-refractivity contribution in [2.45, 2.75) is 13.8 Å². The molecule has 0 aliphatic rings. The van der Waals surface area contributed by atoms with E-state index in [1.807, 2.05) is 56.3 Å². The molecule has 0 radical (unpaired) electrons. The van der Waals surface area contributed by atoms with Gasteiger partial charge in [-0.25, -0.2) is 4.98 Å². The summed E-state index contributed by atoms with van der Waals surface area (Å²) >= 11 is 1.65. The second-order valence-electron chi connectivity index (χ2n) is 5.18. The molecule has 0 spiro atoms. The van der Waals surface area contributed by atoms with Crippen LogP contribution < -0.4 is 10.6 Å². The second-order valence-corrected chi connectivity index (χ2v) is 6.42. The molecule has 2 N–H and O–H groups in total. The van der Waals surface area contributed by atoms with Gasteiger partial charge in [0.15, 0.2) is 0 Å². The number of nitrogens with one attached hydrogen (secondary N) is 2. The summed E-state index contributed by atoms with van der Waals surface area (Å²) in [6.07, 6.45) is 0. The molecule has 3 rings (SSSR count). The first-order valence-electron chi connectivity index (χ1n) is 7.08. The number of thiazole rings is 1. The van der Waals surface area contributed by atoms with Crippen molar-refractivity contribution in [3.63, 3.8) is 0 Å². The van der Waals surface area contributed by atoms with Gasteiger partial charge in [-0.1, -0.05) is 17.7 Å². The van der Waals surface area contributed by atoms with Gasteiger partial charge in [0.1, 0.15) is 0 Å². The molecule has 4 nitrogen and oxygen atoms in total. The maximum Gasteiger partial charge on any atom is 0.243 e. The molecule has 3 aromatic rings. The maximum atomic E-state index is 12.0. The van der Waals surface area contributed by atoms with Crippen molar-refractivity contribution < 1.29 is 4.79 Å². The van der Waals surface area contributed by atoms with Crippen molar-refractivity contribution in [3.05, 3.63) is 53.0 Å². The van der Waals surface area contributed by atoms with Crippen LogP contribution in [-0.2, 0) is 4.79 Å². The van der Waals surface area contributed by atoms with Crippen LogP contribution in [-0.4, -0.2) is 17.4 Å². The van der Waals surface area contributed by atoms with Crippen molar-refractivity contribution in [1.82, 2.24) is 4.98 Å². The highest BCUT2D eigenvalue weighted by Crippen LogP contribution is 2.24. The number of hydrogen-bond donors (Lipinski definition) is 2. The van der Waals surface area contributed by atoms with Crippen LogP contribution in [0.25, 0.3) is 10.2 Å². The lowest BCUT2D eigenvalue weighted by Crippen LogP contribution is -2.21. The Hall–Kier alpha value is -2.40. The zero-order valence-electron chi connectivity index (χ0n) is 12.5. The molecule has 0 fully saturated rings. The standard InChI is InChI=1S/C17H17N3OS/c1-11-3-5-13(6-4-11)20-17(21)10-18-14-7-8-15-16(9-14)22-12(2)19-15/h3-9,18H,10H2,1-2H3,(H,20,21). The Morgan fingerprint density at radius 1 is 1.09 bits per heavy atom. The molecule has 5 heteroatoms. The van der Waals surface area contributed by atoms with Crippen LogP contribution in [0, 0.1) is 13.8 Å². The number of anilines is 2. The summed E-state index contributed by atoms with van der Waals surface area (Å²) in [5, 5.41) is 7.06. The Labute approximate surface area is 133 Å². The fourth-order valence-corrected chi connectivity index (χ4v) is 3.04. The molecule has 1 amide bonds. The summed E-state index contributed by atoms with van der Waals surface area (Å²) in [6.45, 7) is 4.24. The summed E-state index contributed by atoms with van der Waals surface area (Å²) in [5.74, 6) is -0.0653. The van der Waals surface area contributed by atoms with Crippen LogP contribution in [0.4, 0.5) is 11.4 Å². The molecule has 1 heterocycles. The van der Waals surface area contributed by atoms with Crippen molar-refractivity contribution in [2.75, 3.05) is 17.2 Å². The zero-order chi connectivity index (χ0) is 15.5. The lowest BCUT2D eigenvalue weighted by atomic mass is 10.2. The quantitative estimate of drug-likeness (QED) is 0.766. The van der Waals surface area contributed by atoms with Crippen molar-refractivity contribution in [2.24, 2.45) is 0 Å². The van der Waals surface area contributed by atoms with Gasteiger partial charge >= 0.3 is 0 Å². The Balaban J connectivity index is 1.60. The van der Waals surface area contributed by atoms with Gasteiger partial charge in [0.25, 0.3) is 0 Å². The van der Waals surface area contributed by atoms with Crippen molar-refractivity contribution in [3.8, 4) is 0 Å². The number of aromatic nitrogens is 1. The van der Waals surface area contributed by atoms with E-state index >= 15 is 0 Å². The Morgan fingerprint density at radius 3 is 2.59 bits per heavy atom. The van der Waals surface area contributed by atoms with Gasteiger partial charge in [0.2, 0.25) is 5.91 Å². The van der Waals surface area contributed by atoms with Crippen LogP contribution in [0.2, 0.25) is 0 Å². The van der Waals surface area contributed by atoms with E-state index < -0.39 is 0 Å². The van der Waals surface area contributed by atoms with Crippen LogP contribution in [0.1, 0.15) is 10.6 Å². The molecule has 0 saturated heterocycles. The number of carbonyl (C=O) groups excluding carboxylic acids is 1. The third-order valence-electron chi connectivity index (χ3n) is 3.28. The number of hydrogen-bond acceptors (Lipinski definition) is 4. The molecule has 0 saturated carbocycles. The molecular weight excluding hydrogens is 294 g/mol.